The van der Waals surface area contributed by atoms with Crippen molar-refractivity contribution in [2.75, 3.05) is 26.7 Å². The minimum atomic E-state index is -0.531. The SMILES string of the molecule is CCOC(=O)[C@H]1CN(C(=O)OC(C)(C)C)CC[C@H]1NC. The molecule has 0 radical (unpaired) electrons. The maximum absolute atomic E-state index is 12.1. The number of nitrogens with one attached hydrogen (secondary N) is 1. The first kappa shape index (κ1) is 16.8. The molecule has 116 valence electrons. The van der Waals surface area contributed by atoms with Crippen LogP contribution in [0.5, 0.6) is 0 Å². The highest BCUT2D eigenvalue weighted by Gasteiger charge is 2.37. The lowest BCUT2D eigenvalue weighted by Crippen LogP contribution is -2.54. The van der Waals surface area contributed by atoms with Crippen molar-refractivity contribution in [3.8, 4) is 0 Å². The van der Waals surface area contributed by atoms with Crippen LogP contribution < -0.4 is 5.32 Å². The van der Waals surface area contributed by atoms with Gasteiger partial charge in [-0.3, -0.25) is 4.79 Å². The molecular weight excluding hydrogens is 260 g/mol. The Bertz CT molecular complexity index is 352. The molecular formula is C14H26N2O4. The molecule has 1 heterocycles. The van der Waals surface area contributed by atoms with Crippen LogP contribution in [0.25, 0.3) is 0 Å². The van der Waals surface area contributed by atoms with E-state index in [2.05, 4.69) is 5.32 Å². The van der Waals surface area contributed by atoms with Gasteiger partial charge in [0.05, 0.1) is 12.5 Å². The van der Waals surface area contributed by atoms with E-state index in [1.54, 1.807) is 11.8 Å². The number of piperidine rings is 1. The minimum Gasteiger partial charge on any atom is -0.466 e. The second kappa shape index (κ2) is 6.92. The lowest BCUT2D eigenvalue weighted by atomic mass is 9.92. The average Bonchev–Trinajstić information content (AvgIpc) is 2.36. The van der Waals surface area contributed by atoms with Crippen molar-refractivity contribution in [2.45, 2.75) is 45.8 Å². The van der Waals surface area contributed by atoms with Crippen LogP contribution in [0.4, 0.5) is 4.79 Å². The Kier molecular flexibility index (Phi) is 5.80. The van der Waals surface area contributed by atoms with Crippen molar-refractivity contribution < 1.29 is 19.1 Å². The summed E-state index contributed by atoms with van der Waals surface area (Å²) in [5.74, 6) is -0.610. The van der Waals surface area contributed by atoms with Crippen molar-refractivity contribution >= 4 is 12.1 Å². The predicted molar refractivity (Wildman–Crippen MR) is 75.4 cm³/mol. The quantitative estimate of drug-likeness (QED) is 0.794. The van der Waals surface area contributed by atoms with Gasteiger partial charge in [-0.05, 0) is 41.2 Å². The fraction of sp³-hybridized carbons (Fsp3) is 0.857. The summed E-state index contributed by atoms with van der Waals surface area (Å²) in [7, 11) is 1.82. The molecule has 0 bridgehead atoms. The molecule has 0 aliphatic carbocycles. The van der Waals surface area contributed by atoms with E-state index in [0.29, 0.717) is 26.1 Å². The summed E-state index contributed by atoms with van der Waals surface area (Å²) >= 11 is 0. The molecule has 0 aromatic heterocycles. The molecule has 1 saturated heterocycles. The van der Waals surface area contributed by atoms with Crippen molar-refractivity contribution in [1.29, 1.82) is 0 Å². The number of nitrogens with zero attached hydrogens (tertiary/aromatic N) is 1. The summed E-state index contributed by atoms with van der Waals surface area (Å²) in [4.78, 5) is 25.6. The van der Waals surface area contributed by atoms with Gasteiger partial charge in [-0.2, -0.15) is 0 Å². The first-order chi connectivity index (χ1) is 9.28. The lowest BCUT2D eigenvalue weighted by molar-refractivity contribution is -0.150. The molecule has 6 heteroatoms. The maximum atomic E-state index is 12.1. The number of rotatable bonds is 3. The lowest BCUT2D eigenvalue weighted by Gasteiger charge is -2.37. The topological polar surface area (TPSA) is 67.9 Å². The number of esters is 1. The van der Waals surface area contributed by atoms with E-state index in [-0.39, 0.29) is 24.0 Å². The van der Waals surface area contributed by atoms with Crippen LogP contribution in [0.1, 0.15) is 34.1 Å². The maximum Gasteiger partial charge on any atom is 0.410 e. The smallest absolute Gasteiger partial charge is 0.410 e. The van der Waals surface area contributed by atoms with Gasteiger partial charge < -0.3 is 19.7 Å². The fourth-order valence-electron chi connectivity index (χ4n) is 2.28. The molecule has 0 unspecified atom stereocenters. The van der Waals surface area contributed by atoms with Gasteiger partial charge in [0.15, 0.2) is 0 Å². The molecule has 20 heavy (non-hydrogen) atoms. The van der Waals surface area contributed by atoms with Crippen LogP contribution in [0.3, 0.4) is 0 Å². The van der Waals surface area contributed by atoms with Crippen LogP contribution in [-0.2, 0) is 14.3 Å². The highest BCUT2D eigenvalue weighted by Crippen LogP contribution is 2.21. The zero-order valence-electron chi connectivity index (χ0n) is 13.1. The van der Waals surface area contributed by atoms with Gasteiger partial charge in [0.2, 0.25) is 0 Å². The third-order valence-electron chi connectivity index (χ3n) is 3.22. The molecule has 1 aliphatic rings. The van der Waals surface area contributed by atoms with E-state index < -0.39 is 5.60 Å². The Morgan fingerprint density at radius 3 is 2.50 bits per heavy atom. The van der Waals surface area contributed by atoms with E-state index in [1.165, 1.54) is 0 Å². The van der Waals surface area contributed by atoms with E-state index in [0.717, 1.165) is 0 Å². The molecule has 6 nitrogen and oxygen atoms in total. The Morgan fingerprint density at radius 1 is 1.35 bits per heavy atom. The molecule has 0 spiro atoms. The number of amides is 1. The third kappa shape index (κ3) is 4.67. The zero-order valence-corrected chi connectivity index (χ0v) is 13.1. The molecule has 1 rings (SSSR count). The normalized spacial score (nSPS) is 23.4. The summed E-state index contributed by atoms with van der Waals surface area (Å²) in [6.45, 7) is 8.52. The Labute approximate surface area is 120 Å². The second-order valence-electron chi connectivity index (χ2n) is 5.97. The average molecular weight is 286 g/mol. The van der Waals surface area contributed by atoms with Crippen LogP contribution in [0.2, 0.25) is 0 Å². The van der Waals surface area contributed by atoms with Crippen LogP contribution in [0.15, 0.2) is 0 Å². The van der Waals surface area contributed by atoms with Gasteiger partial charge in [0, 0.05) is 19.1 Å². The molecule has 1 aliphatic heterocycles. The number of likely N-dealkylation sites (tertiary alicyclic amines) is 1. The van der Waals surface area contributed by atoms with Crippen molar-refractivity contribution in [3.05, 3.63) is 0 Å². The number of carbonyl (C=O) groups excluding carboxylic acids is 2. The van der Waals surface area contributed by atoms with Crippen LogP contribution >= 0.6 is 0 Å². The van der Waals surface area contributed by atoms with E-state index in [9.17, 15) is 9.59 Å². The van der Waals surface area contributed by atoms with E-state index in [4.69, 9.17) is 9.47 Å². The van der Waals surface area contributed by atoms with Crippen molar-refractivity contribution in [2.24, 2.45) is 5.92 Å². The van der Waals surface area contributed by atoms with Gasteiger partial charge in [0.1, 0.15) is 5.60 Å². The summed E-state index contributed by atoms with van der Waals surface area (Å²) in [6.07, 6.45) is 0.334. The number of ether oxygens (including phenoxy) is 2. The summed E-state index contributed by atoms with van der Waals surface area (Å²) < 4.78 is 10.4. The first-order valence-corrected chi connectivity index (χ1v) is 7.10. The molecule has 2 atom stereocenters. The van der Waals surface area contributed by atoms with Crippen LogP contribution in [0, 0.1) is 5.92 Å². The molecule has 1 amide bonds. The largest absolute Gasteiger partial charge is 0.466 e. The molecule has 0 aromatic rings. The van der Waals surface area contributed by atoms with E-state index in [1.807, 2.05) is 27.8 Å². The molecule has 0 saturated carbocycles. The molecule has 0 aromatic carbocycles. The van der Waals surface area contributed by atoms with Gasteiger partial charge in [-0.15, -0.1) is 0 Å². The fourth-order valence-corrected chi connectivity index (χ4v) is 2.28. The predicted octanol–water partition coefficient (Wildman–Crippen LogP) is 1.39. The standard InChI is InChI=1S/C14H26N2O4/c1-6-19-12(17)10-9-16(8-7-11(10)15-5)13(18)20-14(2,3)4/h10-11,15H,6-9H2,1-5H3/t10-,11+/m0/s1. The molecule has 1 N–H and O–H groups in total. The van der Waals surface area contributed by atoms with Gasteiger partial charge in [0.25, 0.3) is 0 Å². The highest BCUT2D eigenvalue weighted by molar-refractivity contribution is 5.75. The van der Waals surface area contributed by atoms with Gasteiger partial charge in [-0.1, -0.05) is 0 Å². The Hall–Kier alpha value is -1.30. The minimum absolute atomic E-state index is 0.0349. The summed E-state index contributed by atoms with van der Waals surface area (Å²) in [5, 5.41) is 3.12. The third-order valence-corrected chi connectivity index (χ3v) is 3.22. The Morgan fingerprint density at radius 2 is 2.00 bits per heavy atom. The van der Waals surface area contributed by atoms with E-state index >= 15 is 0 Å². The first-order valence-electron chi connectivity index (χ1n) is 7.10. The summed E-state index contributed by atoms with van der Waals surface area (Å²) in [6, 6.07) is 0.0349. The van der Waals surface area contributed by atoms with Gasteiger partial charge >= 0.3 is 12.1 Å². The van der Waals surface area contributed by atoms with Crippen molar-refractivity contribution in [3.63, 3.8) is 0 Å². The van der Waals surface area contributed by atoms with Gasteiger partial charge in [-0.25, -0.2) is 4.79 Å². The summed E-state index contributed by atoms with van der Waals surface area (Å²) in [5.41, 5.74) is -0.531. The molecule has 1 fully saturated rings. The zero-order chi connectivity index (χ0) is 15.3. The number of carbonyl (C=O) groups is 2. The second-order valence-corrected chi connectivity index (χ2v) is 5.97. The van der Waals surface area contributed by atoms with Crippen LogP contribution in [-0.4, -0.2) is 55.3 Å². The van der Waals surface area contributed by atoms with Crippen molar-refractivity contribution in [1.82, 2.24) is 10.2 Å². The number of hydrogen-bond acceptors (Lipinski definition) is 5. The monoisotopic (exact) mass is 286 g/mol. The number of hydrogen-bond donors (Lipinski definition) is 1. The Balaban J connectivity index is 2.69. The highest BCUT2D eigenvalue weighted by atomic mass is 16.6.